The quantitative estimate of drug-likeness (QED) is 0.731. The van der Waals surface area contributed by atoms with Crippen molar-refractivity contribution in [2.75, 3.05) is 10.6 Å². The van der Waals surface area contributed by atoms with Crippen LogP contribution < -0.4 is 10.6 Å². The van der Waals surface area contributed by atoms with Crippen molar-refractivity contribution in [3.8, 4) is 0 Å². The Balaban J connectivity index is 1.67. The van der Waals surface area contributed by atoms with E-state index in [0.717, 1.165) is 11.1 Å². The smallest absolute Gasteiger partial charge is 0.274 e. The van der Waals surface area contributed by atoms with Gasteiger partial charge in [-0.05, 0) is 42.3 Å². The number of carbonyl (C=O) groups excluding carboxylic acids is 1. The van der Waals surface area contributed by atoms with Crippen molar-refractivity contribution < 1.29 is 4.79 Å². The highest BCUT2D eigenvalue weighted by Gasteiger charge is 2.10. The molecule has 2 heterocycles. The molecule has 0 aliphatic carbocycles. The highest BCUT2D eigenvalue weighted by molar-refractivity contribution is 6.31. The lowest BCUT2D eigenvalue weighted by molar-refractivity contribution is 0.102. The summed E-state index contributed by atoms with van der Waals surface area (Å²) >= 11 is 6.08. The molecule has 0 atom stereocenters. The van der Waals surface area contributed by atoms with Crippen LogP contribution in [0.15, 0.2) is 55.0 Å². The molecular formula is C18H16ClN5O. The lowest BCUT2D eigenvalue weighted by Gasteiger charge is -2.08. The molecule has 7 heteroatoms. The van der Waals surface area contributed by atoms with Crippen molar-refractivity contribution in [2.45, 2.75) is 13.5 Å². The van der Waals surface area contributed by atoms with Gasteiger partial charge < -0.3 is 10.6 Å². The summed E-state index contributed by atoms with van der Waals surface area (Å²) in [5.74, 6) is 0.0465. The van der Waals surface area contributed by atoms with E-state index in [9.17, 15) is 4.79 Å². The van der Waals surface area contributed by atoms with Gasteiger partial charge in [-0.25, -0.2) is 9.97 Å². The van der Waals surface area contributed by atoms with Gasteiger partial charge in [0, 0.05) is 35.8 Å². The Morgan fingerprint density at radius 1 is 1.20 bits per heavy atom. The maximum Gasteiger partial charge on any atom is 0.274 e. The molecule has 6 nitrogen and oxygen atoms in total. The summed E-state index contributed by atoms with van der Waals surface area (Å²) < 4.78 is 0. The van der Waals surface area contributed by atoms with Crippen molar-refractivity contribution in [2.24, 2.45) is 0 Å². The average Bonchev–Trinajstić information content (AvgIpc) is 2.64. The number of carbonyl (C=O) groups is 1. The molecule has 1 aromatic carbocycles. The van der Waals surface area contributed by atoms with Gasteiger partial charge in [0.15, 0.2) is 0 Å². The van der Waals surface area contributed by atoms with Crippen molar-refractivity contribution in [3.05, 3.63) is 76.8 Å². The predicted molar refractivity (Wildman–Crippen MR) is 97.7 cm³/mol. The summed E-state index contributed by atoms with van der Waals surface area (Å²) in [4.78, 5) is 24.8. The first-order chi connectivity index (χ1) is 12.1. The second kappa shape index (κ2) is 7.72. The Morgan fingerprint density at radius 3 is 2.84 bits per heavy atom. The second-order valence-electron chi connectivity index (χ2n) is 5.40. The van der Waals surface area contributed by atoms with Crippen LogP contribution in [0.25, 0.3) is 0 Å². The van der Waals surface area contributed by atoms with Crippen LogP contribution in [0.4, 0.5) is 11.6 Å². The maximum absolute atomic E-state index is 12.4. The molecule has 1 amide bonds. The third kappa shape index (κ3) is 4.51. The molecule has 3 aromatic rings. The fourth-order valence-electron chi connectivity index (χ4n) is 2.12. The Kier molecular flexibility index (Phi) is 5.20. The zero-order chi connectivity index (χ0) is 17.6. The molecular weight excluding hydrogens is 338 g/mol. The first-order valence-corrected chi connectivity index (χ1v) is 8.03. The number of nitrogens with zero attached hydrogens (tertiary/aromatic N) is 3. The molecule has 2 aromatic heterocycles. The molecule has 0 aliphatic heterocycles. The molecule has 25 heavy (non-hydrogen) atoms. The molecule has 0 fully saturated rings. The van der Waals surface area contributed by atoms with Gasteiger partial charge in [0.2, 0.25) is 5.95 Å². The third-order valence-corrected chi connectivity index (χ3v) is 3.90. The van der Waals surface area contributed by atoms with E-state index in [0.29, 0.717) is 23.2 Å². The predicted octanol–water partition coefficient (Wildman–Crippen LogP) is 3.70. The molecule has 0 saturated carbocycles. The Morgan fingerprint density at radius 2 is 2.08 bits per heavy atom. The molecule has 3 rings (SSSR count). The van der Waals surface area contributed by atoms with Crippen LogP contribution in [0.3, 0.4) is 0 Å². The van der Waals surface area contributed by atoms with Gasteiger partial charge in [0.25, 0.3) is 5.91 Å². The zero-order valence-electron chi connectivity index (χ0n) is 13.5. The number of pyridine rings is 1. The number of hydrogen-bond acceptors (Lipinski definition) is 5. The van der Waals surface area contributed by atoms with E-state index in [1.807, 2.05) is 25.1 Å². The lowest BCUT2D eigenvalue weighted by atomic mass is 10.2. The number of amides is 1. The standard InChI is InChI=1S/C18H16ClN5O/c1-12-4-5-14(9-15(12)19)23-17(25)16-6-8-21-18(24-16)22-11-13-3-2-7-20-10-13/h2-10H,11H2,1H3,(H,23,25)(H,21,22,24). The lowest BCUT2D eigenvalue weighted by Crippen LogP contribution is -2.15. The summed E-state index contributed by atoms with van der Waals surface area (Å²) in [7, 11) is 0. The fraction of sp³-hybridized carbons (Fsp3) is 0.111. The number of benzene rings is 1. The molecule has 126 valence electrons. The molecule has 0 aliphatic rings. The van der Waals surface area contributed by atoms with Gasteiger partial charge in [-0.2, -0.15) is 0 Å². The van der Waals surface area contributed by atoms with Gasteiger partial charge in [-0.1, -0.05) is 23.7 Å². The van der Waals surface area contributed by atoms with E-state index in [-0.39, 0.29) is 11.6 Å². The normalized spacial score (nSPS) is 10.3. The Bertz CT molecular complexity index is 886. The fourth-order valence-corrected chi connectivity index (χ4v) is 2.30. The van der Waals surface area contributed by atoms with Gasteiger partial charge in [-0.15, -0.1) is 0 Å². The van der Waals surface area contributed by atoms with Crippen molar-refractivity contribution in [1.29, 1.82) is 0 Å². The molecule has 0 radical (unpaired) electrons. The highest BCUT2D eigenvalue weighted by atomic mass is 35.5. The van der Waals surface area contributed by atoms with E-state index in [4.69, 9.17) is 11.6 Å². The van der Waals surface area contributed by atoms with Gasteiger partial charge in [-0.3, -0.25) is 9.78 Å². The number of nitrogens with one attached hydrogen (secondary N) is 2. The number of hydrogen-bond donors (Lipinski definition) is 2. The Hall–Kier alpha value is -2.99. The van der Waals surface area contributed by atoms with E-state index in [1.54, 1.807) is 30.6 Å². The SMILES string of the molecule is Cc1ccc(NC(=O)c2ccnc(NCc3cccnc3)n2)cc1Cl. The van der Waals surface area contributed by atoms with Crippen LogP contribution in [0, 0.1) is 6.92 Å². The largest absolute Gasteiger partial charge is 0.350 e. The van der Waals surface area contributed by atoms with Crippen molar-refractivity contribution in [1.82, 2.24) is 15.0 Å². The average molecular weight is 354 g/mol. The number of rotatable bonds is 5. The van der Waals surface area contributed by atoms with Crippen molar-refractivity contribution >= 4 is 29.1 Å². The minimum absolute atomic E-state index is 0.264. The number of aryl methyl sites for hydroxylation is 1. The summed E-state index contributed by atoms with van der Waals surface area (Å²) in [5.41, 5.74) is 2.82. The number of anilines is 2. The second-order valence-corrected chi connectivity index (χ2v) is 5.81. The molecule has 0 saturated heterocycles. The first kappa shape index (κ1) is 16.9. The van der Waals surface area contributed by atoms with E-state index >= 15 is 0 Å². The zero-order valence-corrected chi connectivity index (χ0v) is 14.3. The summed E-state index contributed by atoms with van der Waals surface area (Å²) in [5, 5.41) is 6.45. The van der Waals surface area contributed by atoms with Crippen LogP contribution >= 0.6 is 11.6 Å². The van der Waals surface area contributed by atoms with Crippen LogP contribution in [0.2, 0.25) is 5.02 Å². The van der Waals surface area contributed by atoms with Crippen molar-refractivity contribution in [3.63, 3.8) is 0 Å². The van der Waals surface area contributed by atoms with Crippen LogP contribution in [0.5, 0.6) is 0 Å². The van der Waals surface area contributed by atoms with E-state index in [1.165, 1.54) is 6.20 Å². The topological polar surface area (TPSA) is 79.8 Å². The molecule has 0 bridgehead atoms. The third-order valence-electron chi connectivity index (χ3n) is 3.49. The van der Waals surface area contributed by atoms with Crippen LogP contribution in [-0.4, -0.2) is 20.9 Å². The monoisotopic (exact) mass is 353 g/mol. The maximum atomic E-state index is 12.4. The summed E-state index contributed by atoms with van der Waals surface area (Å²) in [6.45, 7) is 2.42. The molecule has 0 spiro atoms. The summed E-state index contributed by atoms with van der Waals surface area (Å²) in [6.07, 6.45) is 5.00. The molecule has 2 N–H and O–H groups in total. The first-order valence-electron chi connectivity index (χ1n) is 7.65. The number of halogens is 1. The van der Waals surface area contributed by atoms with Crippen LogP contribution in [0.1, 0.15) is 21.6 Å². The van der Waals surface area contributed by atoms with Gasteiger partial charge in [0.1, 0.15) is 5.69 Å². The number of aromatic nitrogens is 3. The van der Waals surface area contributed by atoms with Gasteiger partial charge >= 0.3 is 0 Å². The van der Waals surface area contributed by atoms with E-state index < -0.39 is 0 Å². The van der Waals surface area contributed by atoms with Crippen LogP contribution in [-0.2, 0) is 6.54 Å². The minimum Gasteiger partial charge on any atom is -0.350 e. The highest BCUT2D eigenvalue weighted by Crippen LogP contribution is 2.20. The molecule has 0 unspecified atom stereocenters. The minimum atomic E-state index is -0.327. The van der Waals surface area contributed by atoms with Gasteiger partial charge in [0.05, 0.1) is 0 Å². The van der Waals surface area contributed by atoms with E-state index in [2.05, 4.69) is 25.6 Å². The summed E-state index contributed by atoms with van der Waals surface area (Å²) in [6, 6.07) is 10.7. The Labute approximate surface area is 150 Å².